The molecule has 130 valence electrons. The second-order valence-electron chi connectivity index (χ2n) is 5.90. The summed E-state index contributed by atoms with van der Waals surface area (Å²) < 4.78 is 0. The van der Waals surface area contributed by atoms with Gasteiger partial charge in [-0.15, -0.1) is 11.8 Å². The van der Waals surface area contributed by atoms with Crippen LogP contribution in [-0.4, -0.2) is 24.1 Å². The summed E-state index contributed by atoms with van der Waals surface area (Å²) in [5, 5.41) is 6.47. The fourth-order valence-corrected chi connectivity index (χ4v) is 3.16. The van der Waals surface area contributed by atoms with Gasteiger partial charge in [0.2, 0.25) is 5.91 Å². The number of halogens is 1. The summed E-state index contributed by atoms with van der Waals surface area (Å²) >= 11 is 7.51. The summed E-state index contributed by atoms with van der Waals surface area (Å²) in [4.78, 5) is 25.0. The molecule has 1 saturated carbocycles. The quantitative estimate of drug-likeness (QED) is 0.563. The van der Waals surface area contributed by atoms with Crippen molar-refractivity contribution in [1.29, 1.82) is 0 Å². The average Bonchev–Trinajstić information content (AvgIpc) is 3.46. The largest absolute Gasteiger partial charge is 0.351 e. The lowest BCUT2D eigenvalue weighted by Gasteiger charge is -2.07. The zero-order chi connectivity index (χ0) is 17.6. The third kappa shape index (κ3) is 5.51. The van der Waals surface area contributed by atoms with Crippen molar-refractivity contribution in [1.82, 2.24) is 5.32 Å². The Morgan fingerprint density at radius 1 is 1.04 bits per heavy atom. The van der Waals surface area contributed by atoms with Crippen molar-refractivity contribution in [3.8, 4) is 0 Å². The Morgan fingerprint density at radius 2 is 1.72 bits per heavy atom. The van der Waals surface area contributed by atoms with E-state index in [1.807, 2.05) is 24.3 Å². The Kier molecular flexibility index (Phi) is 6.00. The number of carbonyl (C=O) groups excluding carboxylic acids is 2. The molecule has 4 nitrogen and oxygen atoms in total. The van der Waals surface area contributed by atoms with Gasteiger partial charge in [0, 0.05) is 39.4 Å². The maximum Gasteiger partial charge on any atom is 0.251 e. The first-order valence-corrected chi connectivity index (χ1v) is 9.56. The summed E-state index contributed by atoms with van der Waals surface area (Å²) in [7, 11) is 0. The molecule has 1 aliphatic carbocycles. The van der Waals surface area contributed by atoms with E-state index in [0.29, 0.717) is 12.1 Å². The molecule has 0 heterocycles. The Labute approximate surface area is 156 Å². The van der Waals surface area contributed by atoms with Crippen LogP contribution in [0, 0.1) is 5.92 Å². The molecular weight excluding hydrogens is 356 g/mol. The minimum Gasteiger partial charge on any atom is -0.351 e. The van der Waals surface area contributed by atoms with E-state index in [0.717, 1.165) is 34.2 Å². The van der Waals surface area contributed by atoms with Crippen LogP contribution in [0.25, 0.3) is 0 Å². The van der Waals surface area contributed by atoms with Gasteiger partial charge >= 0.3 is 0 Å². The monoisotopic (exact) mass is 374 g/mol. The van der Waals surface area contributed by atoms with E-state index in [4.69, 9.17) is 11.6 Å². The van der Waals surface area contributed by atoms with Crippen molar-refractivity contribution >= 4 is 40.9 Å². The van der Waals surface area contributed by atoms with Gasteiger partial charge in [-0.1, -0.05) is 11.6 Å². The molecule has 0 aliphatic heterocycles. The molecule has 25 heavy (non-hydrogen) atoms. The normalized spacial score (nSPS) is 13.3. The number of hydrogen-bond acceptors (Lipinski definition) is 3. The number of carbonyl (C=O) groups is 2. The highest BCUT2D eigenvalue weighted by Crippen LogP contribution is 2.30. The maximum absolute atomic E-state index is 12.1. The number of benzene rings is 2. The fraction of sp³-hybridized carbons (Fsp3) is 0.263. The summed E-state index contributed by atoms with van der Waals surface area (Å²) in [5.74, 6) is 0.900. The lowest BCUT2D eigenvalue weighted by molar-refractivity contribution is -0.117. The standard InChI is InChI=1S/C19H19ClN2O2S/c20-15-5-9-17(10-6-15)25-12-11-21-18(23)13-3-7-16(8-4-13)22-19(24)14-1-2-14/h3-10,14H,1-2,11-12H2,(H,21,23)(H,22,24). The second-order valence-corrected chi connectivity index (χ2v) is 7.50. The minimum absolute atomic E-state index is 0.0661. The zero-order valence-corrected chi connectivity index (χ0v) is 15.2. The van der Waals surface area contributed by atoms with Gasteiger partial charge in [-0.2, -0.15) is 0 Å². The first-order valence-electron chi connectivity index (χ1n) is 8.19. The third-order valence-corrected chi connectivity index (χ3v) is 5.10. The van der Waals surface area contributed by atoms with E-state index in [1.165, 1.54) is 0 Å². The van der Waals surface area contributed by atoms with Gasteiger partial charge in [0.15, 0.2) is 0 Å². The van der Waals surface area contributed by atoms with Crippen LogP contribution in [0.15, 0.2) is 53.4 Å². The molecule has 0 saturated heterocycles. The smallest absolute Gasteiger partial charge is 0.251 e. The van der Waals surface area contributed by atoms with Crippen LogP contribution < -0.4 is 10.6 Å². The molecule has 1 fully saturated rings. The van der Waals surface area contributed by atoms with Crippen molar-refractivity contribution in [3.63, 3.8) is 0 Å². The molecule has 2 amide bonds. The molecule has 0 radical (unpaired) electrons. The van der Waals surface area contributed by atoms with Gasteiger partial charge in [0.05, 0.1) is 0 Å². The van der Waals surface area contributed by atoms with Crippen LogP contribution in [-0.2, 0) is 4.79 Å². The molecule has 0 bridgehead atoms. The highest BCUT2D eigenvalue weighted by Gasteiger charge is 2.29. The lowest BCUT2D eigenvalue weighted by Crippen LogP contribution is -2.25. The summed E-state index contributed by atoms with van der Waals surface area (Å²) in [6.45, 7) is 0.576. The molecule has 2 aromatic carbocycles. The van der Waals surface area contributed by atoms with Gasteiger partial charge in [0.25, 0.3) is 5.91 Å². The van der Waals surface area contributed by atoms with E-state index < -0.39 is 0 Å². The molecule has 3 rings (SSSR count). The lowest BCUT2D eigenvalue weighted by atomic mass is 10.2. The van der Waals surface area contributed by atoms with E-state index in [-0.39, 0.29) is 17.7 Å². The van der Waals surface area contributed by atoms with Gasteiger partial charge < -0.3 is 10.6 Å². The minimum atomic E-state index is -0.114. The topological polar surface area (TPSA) is 58.2 Å². The summed E-state index contributed by atoms with van der Waals surface area (Å²) in [6, 6.07) is 14.6. The highest BCUT2D eigenvalue weighted by molar-refractivity contribution is 7.99. The van der Waals surface area contributed by atoms with Crippen LogP contribution >= 0.6 is 23.4 Å². The number of amides is 2. The number of hydrogen-bond donors (Lipinski definition) is 2. The highest BCUT2D eigenvalue weighted by atomic mass is 35.5. The molecule has 0 unspecified atom stereocenters. The van der Waals surface area contributed by atoms with Crippen molar-refractivity contribution < 1.29 is 9.59 Å². The Hall–Kier alpha value is -1.98. The van der Waals surface area contributed by atoms with E-state index in [1.54, 1.807) is 36.0 Å². The molecule has 1 aliphatic rings. The van der Waals surface area contributed by atoms with Gasteiger partial charge in [-0.3, -0.25) is 9.59 Å². The van der Waals surface area contributed by atoms with E-state index in [2.05, 4.69) is 10.6 Å². The molecule has 2 aromatic rings. The SMILES string of the molecule is O=C(NCCSc1ccc(Cl)cc1)c1ccc(NC(=O)C2CC2)cc1. The van der Waals surface area contributed by atoms with E-state index in [9.17, 15) is 9.59 Å². The zero-order valence-electron chi connectivity index (χ0n) is 13.6. The Bertz CT molecular complexity index is 743. The van der Waals surface area contributed by atoms with Crippen molar-refractivity contribution in [2.24, 2.45) is 5.92 Å². The molecule has 0 spiro atoms. The average molecular weight is 375 g/mol. The number of thioether (sulfide) groups is 1. The predicted molar refractivity (Wildman–Crippen MR) is 102 cm³/mol. The Balaban J connectivity index is 1.41. The first-order chi connectivity index (χ1) is 12.1. The molecule has 2 N–H and O–H groups in total. The van der Waals surface area contributed by atoms with Gasteiger partial charge in [0.1, 0.15) is 0 Å². The third-order valence-electron chi connectivity index (χ3n) is 3.83. The molecular formula is C19H19ClN2O2S. The molecule has 6 heteroatoms. The van der Waals surface area contributed by atoms with E-state index >= 15 is 0 Å². The molecule has 0 aromatic heterocycles. The summed E-state index contributed by atoms with van der Waals surface area (Å²) in [5.41, 5.74) is 1.31. The van der Waals surface area contributed by atoms with Crippen LogP contribution in [0.4, 0.5) is 5.69 Å². The fourth-order valence-electron chi connectivity index (χ4n) is 2.26. The van der Waals surface area contributed by atoms with Crippen LogP contribution in [0.3, 0.4) is 0 Å². The van der Waals surface area contributed by atoms with Crippen LogP contribution in [0.2, 0.25) is 5.02 Å². The van der Waals surface area contributed by atoms with Crippen LogP contribution in [0.5, 0.6) is 0 Å². The van der Waals surface area contributed by atoms with Crippen LogP contribution in [0.1, 0.15) is 23.2 Å². The van der Waals surface area contributed by atoms with Crippen molar-refractivity contribution in [3.05, 3.63) is 59.1 Å². The first kappa shape index (κ1) is 17.8. The van der Waals surface area contributed by atoms with Gasteiger partial charge in [-0.25, -0.2) is 0 Å². The predicted octanol–water partition coefficient (Wildman–Crippen LogP) is 4.21. The summed E-state index contributed by atoms with van der Waals surface area (Å²) in [6.07, 6.45) is 1.95. The van der Waals surface area contributed by atoms with Crippen molar-refractivity contribution in [2.75, 3.05) is 17.6 Å². The number of anilines is 1. The number of rotatable bonds is 7. The van der Waals surface area contributed by atoms with Crippen molar-refractivity contribution in [2.45, 2.75) is 17.7 Å². The number of nitrogens with one attached hydrogen (secondary N) is 2. The Morgan fingerprint density at radius 3 is 2.36 bits per heavy atom. The second kappa shape index (κ2) is 8.41. The molecule has 0 atom stereocenters. The van der Waals surface area contributed by atoms with Gasteiger partial charge in [-0.05, 0) is 61.4 Å². The maximum atomic E-state index is 12.1.